The first-order valence-corrected chi connectivity index (χ1v) is 6.87. The van der Waals surface area contributed by atoms with Crippen molar-refractivity contribution in [3.63, 3.8) is 0 Å². The molecule has 0 aliphatic heterocycles. The van der Waals surface area contributed by atoms with Crippen molar-refractivity contribution < 1.29 is 9.66 Å². The van der Waals surface area contributed by atoms with Gasteiger partial charge >= 0.3 is 0 Å². The van der Waals surface area contributed by atoms with Gasteiger partial charge in [-0.15, -0.1) is 0 Å². The number of non-ortho nitro benzene ring substituents is 1. The number of hydrogen-bond donors (Lipinski definition) is 0. The second kappa shape index (κ2) is 5.95. The number of nitro groups is 1. The van der Waals surface area contributed by atoms with Gasteiger partial charge in [0.05, 0.1) is 19.4 Å². The van der Waals surface area contributed by atoms with E-state index in [2.05, 4.69) is 20.9 Å². The Hall–Kier alpha value is -1.37. The highest BCUT2D eigenvalue weighted by Crippen LogP contribution is 2.40. The zero-order valence-corrected chi connectivity index (χ0v) is 13.2. The molecule has 2 aromatic rings. The van der Waals surface area contributed by atoms with E-state index in [1.807, 2.05) is 6.92 Å². The van der Waals surface area contributed by atoms with Crippen LogP contribution < -0.4 is 4.74 Å². The van der Waals surface area contributed by atoms with Crippen LogP contribution >= 0.6 is 39.1 Å². The van der Waals surface area contributed by atoms with Gasteiger partial charge in [0.15, 0.2) is 5.75 Å². The van der Waals surface area contributed by atoms with Crippen LogP contribution in [0.5, 0.6) is 11.6 Å². The Balaban J connectivity index is 2.44. The van der Waals surface area contributed by atoms with E-state index in [4.69, 9.17) is 27.9 Å². The summed E-state index contributed by atoms with van der Waals surface area (Å²) in [6, 6.07) is 4.15. The lowest BCUT2D eigenvalue weighted by molar-refractivity contribution is -0.384. The molecule has 104 valence electrons. The number of rotatable bonds is 3. The number of aryl methyl sites for hydroxylation is 1. The summed E-state index contributed by atoms with van der Waals surface area (Å²) >= 11 is 15.3. The van der Waals surface area contributed by atoms with Gasteiger partial charge in [0.2, 0.25) is 5.88 Å². The number of aromatic nitrogens is 1. The largest absolute Gasteiger partial charge is 0.435 e. The smallest absolute Gasteiger partial charge is 0.272 e. The van der Waals surface area contributed by atoms with Crippen LogP contribution in [0, 0.1) is 17.0 Å². The van der Waals surface area contributed by atoms with Crippen LogP contribution in [0.4, 0.5) is 5.69 Å². The SMILES string of the molecule is Cc1ccnc(Oc2c(Cl)cc([N+](=O)[O-])cc2Cl)c1Br. The molecule has 1 heterocycles. The van der Waals surface area contributed by atoms with Gasteiger partial charge in [0.1, 0.15) is 0 Å². The average Bonchev–Trinajstić information content (AvgIpc) is 2.38. The molecule has 1 aromatic heterocycles. The highest BCUT2D eigenvalue weighted by molar-refractivity contribution is 9.10. The maximum absolute atomic E-state index is 10.7. The lowest BCUT2D eigenvalue weighted by Crippen LogP contribution is -1.94. The summed E-state index contributed by atoms with van der Waals surface area (Å²) in [5.74, 6) is 0.403. The van der Waals surface area contributed by atoms with Gasteiger partial charge in [-0.1, -0.05) is 23.2 Å². The zero-order chi connectivity index (χ0) is 14.9. The third-order valence-corrected chi connectivity index (χ3v) is 3.97. The minimum atomic E-state index is -0.581. The van der Waals surface area contributed by atoms with Crippen molar-refractivity contribution in [1.29, 1.82) is 0 Å². The van der Waals surface area contributed by atoms with Gasteiger partial charge in [-0.2, -0.15) is 0 Å². The first-order chi connectivity index (χ1) is 9.40. The number of nitro benzene ring substituents is 1. The topological polar surface area (TPSA) is 65.3 Å². The van der Waals surface area contributed by atoms with Crippen LogP contribution in [0.1, 0.15) is 5.56 Å². The molecule has 0 saturated carbocycles. The molecule has 0 amide bonds. The molecule has 0 unspecified atom stereocenters. The zero-order valence-electron chi connectivity index (χ0n) is 10.1. The lowest BCUT2D eigenvalue weighted by Gasteiger charge is -2.10. The summed E-state index contributed by atoms with van der Waals surface area (Å²) in [6.45, 7) is 1.87. The van der Waals surface area contributed by atoms with Crippen LogP contribution in [-0.4, -0.2) is 9.91 Å². The molecule has 0 N–H and O–H groups in total. The van der Waals surface area contributed by atoms with Crippen LogP contribution in [0.2, 0.25) is 10.0 Å². The van der Waals surface area contributed by atoms with E-state index in [0.29, 0.717) is 4.47 Å². The number of ether oxygens (including phenoxy) is 1. The Kier molecular flexibility index (Phi) is 4.47. The van der Waals surface area contributed by atoms with Crippen LogP contribution in [0.15, 0.2) is 28.9 Å². The van der Waals surface area contributed by atoms with Crippen molar-refractivity contribution in [1.82, 2.24) is 4.98 Å². The van der Waals surface area contributed by atoms with Crippen LogP contribution in [0.3, 0.4) is 0 Å². The highest BCUT2D eigenvalue weighted by atomic mass is 79.9. The molecule has 2 rings (SSSR count). The number of benzene rings is 1. The monoisotopic (exact) mass is 376 g/mol. The molecule has 0 atom stereocenters. The predicted octanol–water partition coefficient (Wildman–Crippen LogP) is 5.16. The second-order valence-electron chi connectivity index (χ2n) is 3.84. The van der Waals surface area contributed by atoms with Gasteiger partial charge in [0.25, 0.3) is 5.69 Å². The van der Waals surface area contributed by atoms with E-state index in [1.54, 1.807) is 12.3 Å². The summed E-state index contributed by atoms with van der Waals surface area (Å²) in [5, 5.41) is 10.8. The Labute approximate surface area is 132 Å². The van der Waals surface area contributed by atoms with Crippen molar-refractivity contribution in [2.75, 3.05) is 0 Å². The van der Waals surface area contributed by atoms with Gasteiger partial charge in [-0.25, -0.2) is 4.98 Å². The fraction of sp³-hybridized carbons (Fsp3) is 0.0833. The molecular weight excluding hydrogens is 371 g/mol. The fourth-order valence-electron chi connectivity index (χ4n) is 1.43. The molecule has 8 heteroatoms. The third-order valence-electron chi connectivity index (χ3n) is 2.44. The summed E-state index contributed by atoms with van der Waals surface area (Å²) in [6.07, 6.45) is 1.57. The van der Waals surface area contributed by atoms with Gasteiger partial charge < -0.3 is 4.74 Å². The minimum Gasteiger partial charge on any atom is -0.435 e. The fourth-order valence-corrected chi connectivity index (χ4v) is 2.30. The number of hydrogen-bond acceptors (Lipinski definition) is 4. The quantitative estimate of drug-likeness (QED) is 0.547. The first-order valence-electron chi connectivity index (χ1n) is 5.32. The van der Waals surface area contributed by atoms with E-state index < -0.39 is 4.92 Å². The van der Waals surface area contributed by atoms with E-state index in [-0.39, 0.29) is 27.4 Å². The Morgan fingerprint density at radius 3 is 2.50 bits per heavy atom. The predicted molar refractivity (Wildman–Crippen MR) is 79.9 cm³/mol. The molecule has 0 fully saturated rings. The van der Waals surface area contributed by atoms with E-state index in [9.17, 15) is 10.1 Å². The molecule has 1 aromatic carbocycles. The lowest BCUT2D eigenvalue weighted by atomic mass is 10.3. The van der Waals surface area contributed by atoms with Gasteiger partial charge in [-0.3, -0.25) is 10.1 Å². The maximum Gasteiger partial charge on any atom is 0.272 e. The standard InChI is InChI=1S/C12H7BrCl2N2O3/c1-6-2-3-16-12(10(6)13)20-11-8(14)4-7(17(18)19)5-9(11)15/h2-5H,1H3. The molecule has 5 nitrogen and oxygen atoms in total. The van der Waals surface area contributed by atoms with Crippen molar-refractivity contribution in [3.8, 4) is 11.6 Å². The first kappa shape index (κ1) is 15.0. The molecule has 0 saturated heterocycles. The summed E-state index contributed by atoms with van der Waals surface area (Å²) in [5.41, 5.74) is 0.716. The van der Waals surface area contributed by atoms with E-state index >= 15 is 0 Å². The molecular formula is C12H7BrCl2N2O3. The normalized spacial score (nSPS) is 10.4. The molecule has 0 spiro atoms. The van der Waals surface area contributed by atoms with Crippen molar-refractivity contribution in [2.45, 2.75) is 6.92 Å². The average molecular weight is 378 g/mol. The molecule has 0 radical (unpaired) electrons. The van der Waals surface area contributed by atoms with E-state index in [1.165, 1.54) is 12.1 Å². The summed E-state index contributed by atoms with van der Waals surface area (Å²) < 4.78 is 6.20. The number of pyridine rings is 1. The maximum atomic E-state index is 10.7. The molecule has 20 heavy (non-hydrogen) atoms. The molecule has 0 bridgehead atoms. The Morgan fingerprint density at radius 2 is 1.95 bits per heavy atom. The summed E-state index contributed by atoms with van der Waals surface area (Å²) in [7, 11) is 0. The summed E-state index contributed by atoms with van der Waals surface area (Å²) in [4.78, 5) is 14.2. The van der Waals surface area contributed by atoms with Crippen molar-refractivity contribution >= 4 is 44.8 Å². The Morgan fingerprint density at radius 1 is 1.35 bits per heavy atom. The number of nitrogens with zero attached hydrogens (tertiary/aromatic N) is 2. The van der Waals surface area contributed by atoms with Crippen LogP contribution in [0.25, 0.3) is 0 Å². The van der Waals surface area contributed by atoms with E-state index in [0.717, 1.165) is 5.56 Å². The third kappa shape index (κ3) is 3.03. The van der Waals surface area contributed by atoms with Crippen molar-refractivity contribution in [2.24, 2.45) is 0 Å². The van der Waals surface area contributed by atoms with Gasteiger partial charge in [0, 0.05) is 18.3 Å². The molecule has 0 aliphatic carbocycles. The number of halogens is 3. The molecule has 0 aliphatic rings. The van der Waals surface area contributed by atoms with Crippen LogP contribution in [-0.2, 0) is 0 Å². The van der Waals surface area contributed by atoms with Crippen molar-refractivity contribution in [3.05, 3.63) is 54.6 Å². The minimum absolute atomic E-state index is 0.0411. The Bertz CT molecular complexity index is 671. The second-order valence-corrected chi connectivity index (χ2v) is 5.45. The van der Waals surface area contributed by atoms with Gasteiger partial charge in [-0.05, 0) is 34.5 Å². The highest BCUT2D eigenvalue weighted by Gasteiger charge is 2.18.